The highest BCUT2D eigenvalue weighted by Gasteiger charge is 2.43. The number of ether oxygens (including phenoxy) is 2. The molecule has 0 bridgehead atoms. The smallest absolute Gasteiger partial charge is 0.306 e. The molecule has 0 aromatic heterocycles. The summed E-state index contributed by atoms with van der Waals surface area (Å²) in [6, 6.07) is 16.3. The number of carbonyl (C=O) groups is 3. The number of fused-ring (bicyclic) bond motifs is 1. The van der Waals surface area contributed by atoms with Crippen LogP contribution in [0.1, 0.15) is 26.7 Å². The van der Waals surface area contributed by atoms with Crippen molar-refractivity contribution in [1.82, 2.24) is 0 Å². The second-order valence-corrected chi connectivity index (χ2v) is 7.19. The van der Waals surface area contributed by atoms with Crippen molar-refractivity contribution in [2.45, 2.75) is 32.2 Å². The molecule has 2 aromatic carbocycles. The molecule has 0 spiro atoms. The van der Waals surface area contributed by atoms with Gasteiger partial charge in [0.1, 0.15) is 11.3 Å². The zero-order chi connectivity index (χ0) is 20.9. The third-order valence-corrected chi connectivity index (χ3v) is 4.65. The Morgan fingerprint density at radius 2 is 1.72 bits per heavy atom. The van der Waals surface area contributed by atoms with Crippen LogP contribution in [-0.4, -0.2) is 36.5 Å². The van der Waals surface area contributed by atoms with Crippen LogP contribution < -0.4 is 15.0 Å². The summed E-state index contributed by atoms with van der Waals surface area (Å²) < 4.78 is 10.7. The van der Waals surface area contributed by atoms with E-state index in [-0.39, 0.29) is 12.3 Å². The fourth-order valence-corrected chi connectivity index (χ4v) is 3.10. The van der Waals surface area contributed by atoms with Crippen LogP contribution >= 0.6 is 0 Å². The predicted molar refractivity (Wildman–Crippen MR) is 109 cm³/mol. The lowest BCUT2D eigenvalue weighted by molar-refractivity contribution is -0.148. The number of hydrogen-bond donors (Lipinski definition) is 1. The highest BCUT2D eigenvalue weighted by Crippen LogP contribution is 2.36. The molecule has 29 heavy (non-hydrogen) atoms. The molecular formula is C22H24N2O5. The van der Waals surface area contributed by atoms with Crippen LogP contribution in [0.25, 0.3) is 0 Å². The lowest BCUT2D eigenvalue weighted by Crippen LogP contribution is -2.59. The largest absolute Gasteiger partial charge is 0.494 e. The van der Waals surface area contributed by atoms with Gasteiger partial charge in [-0.05, 0) is 44.5 Å². The highest BCUT2D eigenvalue weighted by atomic mass is 16.5. The molecule has 1 aliphatic heterocycles. The van der Waals surface area contributed by atoms with E-state index >= 15 is 0 Å². The molecule has 152 valence electrons. The van der Waals surface area contributed by atoms with Gasteiger partial charge >= 0.3 is 5.97 Å². The first-order chi connectivity index (χ1) is 13.9. The van der Waals surface area contributed by atoms with Gasteiger partial charge < -0.3 is 14.8 Å². The molecule has 1 N–H and O–H groups in total. The van der Waals surface area contributed by atoms with Gasteiger partial charge in [-0.3, -0.25) is 19.3 Å². The Hall–Kier alpha value is -3.35. The summed E-state index contributed by atoms with van der Waals surface area (Å²) >= 11 is 0. The number of benzene rings is 2. The topological polar surface area (TPSA) is 84.9 Å². The molecule has 7 nitrogen and oxygen atoms in total. The molecule has 3 rings (SSSR count). The number of carbonyl (C=O) groups excluding carboxylic acids is 3. The summed E-state index contributed by atoms with van der Waals surface area (Å²) in [5.41, 5.74) is 0.0328. The van der Waals surface area contributed by atoms with Crippen molar-refractivity contribution < 1.29 is 23.9 Å². The SMILES string of the molecule is CC1(C)C(=O)Nc2ccccc2N1C(=O)COC(=O)CCCOc1ccccc1. The second-order valence-electron chi connectivity index (χ2n) is 7.19. The van der Waals surface area contributed by atoms with Crippen LogP contribution in [0.15, 0.2) is 54.6 Å². The van der Waals surface area contributed by atoms with Crippen molar-refractivity contribution >= 4 is 29.2 Å². The maximum absolute atomic E-state index is 12.8. The third kappa shape index (κ3) is 4.74. The monoisotopic (exact) mass is 396 g/mol. The van der Waals surface area contributed by atoms with Gasteiger partial charge in [0.2, 0.25) is 5.91 Å². The molecule has 1 aliphatic rings. The molecule has 0 radical (unpaired) electrons. The Kier molecular flexibility index (Phi) is 6.16. The third-order valence-electron chi connectivity index (χ3n) is 4.65. The quantitative estimate of drug-likeness (QED) is 0.574. The first kappa shape index (κ1) is 20.4. The van der Waals surface area contributed by atoms with E-state index in [0.717, 1.165) is 5.75 Å². The predicted octanol–water partition coefficient (Wildman–Crippen LogP) is 3.15. The van der Waals surface area contributed by atoms with E-state index in [0.29, 0.717) is 24.4 Å². The lowest BCUT2D eigenvalue weighted by atomic mass is 9.96. The van der Waals surface area contributed by atoms with Gasteiger partial charge in [-0.1, -0.05) is 30.3 Å². The minimum atomic E-state index is -1.10. The van der Waals surface area contributed by atoms with Crippen LogP contribution in [0.2, 0.25) is 0 Å². The Balaban J connectivity index is 1.52. The summed E-state index contributed by atoms with van der Waals surface area (Å²) in [5.74, 6) is -0.497. The number of nitrogens with zero attached hydrogens (tertiary/aromatic N) is 1. The molecule has 1 heterocycles. The number of anilines is 2. The van der Waals surface area contributed by atoms with Crippen molar-refractivity contribution in [3.8, 4) is 5.75 Å². The molecular weight excluding hydrogens is 372 g/mol. The van der Waals surface area contributed by atoms with E-state index in [1.54, 1.807) is 38.1 Å². The first-order valence-electron chi connectivity index (χ1n) is 9.46. The Bertz CT molecular complexity index is 895. The molecule has 7 heteroatoms. The van der Waals surface area contributed by atoms with Gasteiger partial charge in [0.15, 0.2) is 6.61 Å². The van der Waals surface area contributed by atoms with Gasteiger partial charge in [0.05, 0.1) is 18.0 Å². The van der Waals surface area contributed by atoms with Gasteiger partial charge in [0, 0.05) is 6.42 Å². The summed E-state index contributed by atoms with van der Waals surface area (Å²) in [6.07, 6.45) is 0.614. The van der Waals surface area contributed by atoms with Crippen molar-refractivity contribution in [1.29, 1.82) is 0 Å². The van der Waals surface area contributed by atoms with Crippen LogP contribution in [0.4, 0.5) is 11.4 Å². The van der Waals surface area contributed by atoms with Gasteiger partial charge in [-0.15, -0.1) is 0 Å². The molecule has 2 aromatic rings. The number of amides is 2. The second kappa shape index (κ2) is 8.77. The van der Waals surface area contributed by atoms with E-state index in [4.69, 9.17) is 9.47 Å². The molecule has 2 amide bonds. The van der Waals surface area contributed by atoms with Crippen molar-refractivity contribution in [2.75, 3.05) is 23.4 Å². The number of nitrogens with one attached hydrogen (secondary N) is 1. The normalized spacial score (nSPS) is 14.6. The highest BCUT2D eigenvalue weighted by molar-refractivity contribution is 6.14. The summed E-state index contributed by atoms with van der Waals surface area (Å²) in [7, 11) is 0. The molecule has 0 aliphatic carbocycles. The van der Waals surface area contributed by atoms with E-state index in [9.17, 15) is 14.4 Å². The average molecular weight is 396 g/mol. The number of hydrogen-bond acceptors (Lipinski definition) is 5. The van der Waals surface area contributed by atoms with Gasteiger partial charge in [0.25, 0.3) is 5.91 Å². The molecule has 0 saturated carbocycles. The number of esters is 1. The summed E-state index contributed by atoms with van der Waals surface area (Å²) in [4.78, 5) is 38.5. The van der Waals surface area contributed by atoms with Crippen LogP contribution in [0.5, 0.6) is 5.75 Å². The van der Waals surface area contributed by atoms with Crippen molar-refractivity contribution in [2.24, 2.45) is 0 Å². The Labute approximate surface area is 169 Å². The van der Waals surface area contributed by atoms with E-state index < -0.39 is 24.0 Å². The average Bonchev–Trinajstić information content (AvgIpc) is 2.71. The Morgan fingerprint density at radius 3 is 2.48 bits per heavy atom. The lowest BCUT2D eigenvalue weighted by Gasteiger charge is -2.41. The zero-order valence-electron chi connectivity index (χ0n) is 16.5. The van der Waals surface area contributed by atoms with E-state index in [1.165, 1.54) is 4.90 Å². The first-order valence-corrected chi connectivity index (χ1v) is 9.46. The van der Waals surface area contributed by atoms with Crippen LogP contribution in [0, 0.1) is 0 Å². The molecule has 0 saturated heterocycles. The minimum Gasteiger partial charge on any atom is -0.494 e. The van der Waals surface area contributed by atoms with Gasteiger partial charge in [-0.25, -0.2) is 0 Å². The maximum Gasteiger partial charge on any atom is 0.306 e. The maximum atomic E-state index is 12.8. The van der Waals surface area contributed by atoms with E-state index in [1.807, 2.05) is 30.3 Å². The van der Waals surface area contributed by atoms with Crippen molar-refractivity contribution in [3.05, 3.63) is 54.6 Å². The van der Waals surface area contributed by atoms with Crippen LogP contribution in [-0.2, 0) is 19.1 Å². The zero-order valence-corrected chi connectivity index (χ0v) is 16.5. The van der Waals surface area contributed by atoms with Gasteiger partial charge in [-0.2, -0.15) is 0 Å². The Morgan fingerprint density at radius 1 is 1.03 bits per heavy atom. The summed E-state index contributed by atoms with van der Waals surface area (Å²) in [6.45, 7) is 3.25. The van der Waals surface area contributed by atoms with Crippen LogP contribution in [0.3, 0.4) is 0 Å². The minimum absolute atomic E-state index is 0.139. The fourth-order valence-electron chi connectivity index (χ4n) is 3.10. The number of para-hydroxylation sites is 3. The summed E-state index contributed by atoms with van der Waals surface area (Å²) in [5, 5.41) is 2.79. The number of rotatable bonds is 7. The standard InChI is InChI=1S/C22H24N2O5/c1-22(2)21(27)23-17-11-6-7-12-18(17)24(22)19(25)15-29-20(26)13-8-14-28-16-9-4-3-5-10-16/h3-7,9-12H,8,13-15H2,1-2H3,(H,23,27). The molecule has 0 unspecified atom stereocenters. The fraction of sp³-hybridized carbons (Fsp3) is 0.318. The molecule has 0 atom stereocenters. The van der Waals surface area contributed by atoms with E-state index in [2.05, 4.69) is 5.32 Å². The molecule has 0 fully saturated rings. The van der Waals surface area contributed by atoms with Crippen molar-refractivity contribution in [3.63, 3.8) is 0 Å².